The van der Waals surface area contributed by atoms with E-state index in [1.54, 1.807) is 12.1 Å². The summed E-state index contributed by atoms with van der Waals surface area (Å²) in [5.41, 5.74) is 8.13. The number of hydrogen-bond acceptors (Lipinski definition) is 2. The van der Waals surface area contributed by atoms with Gasteiger partial charge in [0, 0.05) is 10.7 Å². The van der Waals surface area contributed by atoms with Gasteiger partial charge >= 0.3 is 0 Å². The van der Waals surface area contributed by atoms with E-state index in [-0.39, 0.29) is 5.57 Å². The number of nitrogens with one attached hydrogen (secondary N) is 1. The number of nitriles is 1. The minimum atomic E-state index is -0.437. The van der Waals surface area contributed by atoms with E-state index < -0.39 is 5.91 Å². The van der Waals surface area contributed by atoms with Gasteiger partial charge in [0.05, 0.1) is 0 Å². The van der Waals surface area contributed by atoms with Gasteiger partial charge in [-0.25, -0.2) is 0 Å². The van der Waals surface area contributed by atoms with E-state index in [0.717, 1.165) is 22.3 Å². The Kier molecular flexibility index (Phi) is 6.95. The van der Waals surface area contributed by atoms with Crippen molar-refractivity contribution < 1.29 is 4.79 Å². The molecular weight excluding hydrogens is 404 g/mol. The number of aryl methyl sites for hydroxylation is 3. The Morgan fingerprint density at radius 3 is 2.42 bits per heavy atom. The van der Waals surface area contributed by atoms with Crippen molar-refractivity contribution in [1.82, 2.24) is 0 Å². The minimum absolute atomic E-state index is 0.0323. The quantitative estimate of drug-likeness (QED) is 0.362. The molecule has 0 saturated heterocycles. The zero-order chi connectivity index (χ0) is 22.5. The van der Waals surface area contributed by atoms with E-state index in [0.29, 0.717) is 17.1 Å². The summed E-state index contributed by atoms with van der Waals surface area (Å²) in [7, 11) is 0. The van der Waals surface area contributed by atoms with E-state index in [1.807, 2.05) is 50.2 Å². The normalized spacial score (nSPS) is 11.2. The molecule has 0 atom stereocenters. The van der Waals surface area contributed by atoms with Crippen LogP contribution in [-0.2, 0) is 11.2 Å². The zero-order valence-corrected chi connectivity index (χ0v) is 19.0. The molecule has 156 valence electrons. The summed E-state index contributed by atoms with van der Waals surface area (Å²) in [5.74, 6) is -0.437. The fourth-order valence-corrected chi connectivity index (χ4v) is 3.81. The summed E-state index contributed by atoms with van der Waals surface area (Å²) in [6.45, 7) is 8.08. The first-order valence-corrected chi connectivity index (χ1v) is 10.5. The third kappa shape index (κ3) is 5.63. The number of rotatable bonds is 5. The highest BCUT2D eigenvalue weighted by atomic mass is 35.5. The molecule has 0 radical (unpaired) electrons. The second kappa shape index (κ2) is 9.64. The largest absolute Gasteiger partial charge is 0.321 e. The lowest BCUT2D eigenvalue weighted by Crippen LogP contribution is -2.14. The molecule has 3 aromatic rings. The van der Waals surface area contributed by atoms with Crippen LogP contribution in [0.4, 0.5) is 5.69 Å². The summed E-state index contributed by atoms with van der Waals surface area (Å²) < 4.78 is 0. The van der Waals surface area contributed by atoms with Crippen LogP contribution in [0, 0.1) is 39.0 Å². The van der Waals surface area contributed by atoms with Crippen molar-refractivity contribution in [2.75, 3.05) is 5.32 Å². The smallest absolute Gasteiger partial charge is 0.266 e. The fourth-order valence-electron chi connectivity index (χ4n) is 3.63. The van der Waals surface area contributed by atoms with Crippen molar-refractivity contribution in [3.8, 4) is 6.07 Å². The standard InChI is InChI=1S/C27H25ClN2O/c1-17-10-18(2)12-21(11-17)13-22-8-9-25(28)15-23(22)14-24(16-29)27(31)30-26-7-5-6-19(3)20(26)4/h5-12,14-15H,13H2,1-4H3,(H,30,31)/b24-14+. The maximum Gasteiger partial charge on any atom is 0.266 e. The van der Waals surface area contributed by atoms with Gasteiger partial charge < -0.3 is 5.32 Å². The molecule has 4 heteroatoms. The van der Waals surface area contributed by atoms with Crippen LogP contribution in [-0.4, -0.2) is 5.91 Å². The van der Waals surface area contributed by atoms with Crippen LogP contribution in [0.1, 0.15) is 38.9 Å². The SMILES string of the molecule is Cc1cc(C)cc(Cc2ccc(Cl)cc2/C=C(\C#N)C(=O)Nc2cccc(C)c2C)c1. The Morgan fingerprint density at radius 2 is 1.74 bits per heavy atom. The molecule has 3 aromatic carbocycles. The number of amides is 1. The van der Waals surface area contributed by atoms with Gasteiger partial charge in [-0.15, -0.1) is 0 Å². The van der Waals surface area contributed by atoms with Gasteiger partial charge in [-0.2, -0.15) is 5.26 Å². The summed E-state index contributed by atoms with van der Waals surface area (Å²) >= 11 is 6.23. The Labute approximate surface area is 189 Å². The van der Waals surface area contributed by atoms with Crippen molar-refractivity contribution in [3.05, 3.63) is 104 Å². The van der Waals surface area contributed by atoms with Crippen LogP contribution in [0.2, 0.25) is 5.02 Å². The van der Waals surface area contributed by atoms with Gasteiger partial charge in [0.25, 0.3) is 5.91 Å². The maximum atomic E-state index is 12.8. The summed E-state index contributed by atoms with van der Waals surface area (Å²) in [5, 5.41) is 13.1. The van der Waals surface area contributed by atoms with Crippen LogP contribution >= 0.6 is 11.6 Å². The van der Waals surface area contributed by atoms with Crippen molar-refractivity contribution in [3.63, 3.8) is 0 Å². The Balaban J connectivity index is 1.94. The van der Waals surface area contributed by atoms with Crippen molar-refractivity contribution in [2.24, 2.45) is 0 Å². The molecule has 31 heavy (non-hydrogen) atoms. The number of anilines is 1. The number of carbonyl (C=O) groups is 1. The molecule has 0 unspecified atom stereocenters. The molecule has 3 rings (SSSR count). The molecule has 1 amide bonds. The van der Waals surface area contributed by atoms with Crippen LogP contribution in [0.15, 0.2) is 60.2 Å². The molecule has 0 aliphatic carbocycles. The predicted octanol–water partition coefficient (Wildman–Crippen LogP) is 6.71. The second-order valence-electron chi connectivity index (χ2n) is 7.89. The topological polar surface area (TPSA) is 52.9 Å². The third-order valence-corrected chi connectivity index (χ3v) is 5.54. The first-order chi connectivity index (χ1) is 14.8. The minimum Gasteiger partial charge on any atom is -0.321 e. The van der Waals surface area contributed by atoms with Gasteiger partial charge in [0.1, 0.15) is 11.6 Å². The van der Waals surface area contributed by atoms with Crippen LogP contribution in [0.25, 0.3) is 6.08 Å². The number of halogens is 1. The summed E-state index contributed by atoms with van der Waals surface area (Å²) in [4.78, 5) is 12.8. The van der Waals surface area contributed by atoms with Crippen LogP contribution < -0.4 is 5.32 Å². The highest BCUT2D eigenvalue weighted by Crippen LogP contribution is 2.24. The molecule has 0 aromatic heterocycles. The molecule has 0 aliphatic rings. The van der Waals surface area contributed by atoms with Crippen LogP contribution in [0.5, 0.6) is 0 Å². The van der Waals surface area contributed by atoms with Gasteiger partial charge in [-0.3, -0.25) is 4.79 Å². The molecule has 0 bridgehead atoms. The maximum absolute atomic E-state index is 12.8. The van der Waals surface area contributed by atoms with Crippen LogP contribution in [0.3, 0.4) is 0 Å². The number of hydrogen-bond donors (Lipinski definition) is 1. The lowest BCUT2D eigenvalue weighted by Gasteiger charge is -2.11. The molecule has 0 fully saturated rings. The van der Waals surface area contributed by atoms with Crippen molar-refractivity contribution >= 4 is 29.3 Å². The van der Waals surface area contributed by atoms with E-state index >= 15 is 0 Å². The molecule has 1 N–H and O–H groups in total. The first kappa shape index (κ1) is 22.3. The monoisotopic (exact) mass is 428 g/mol. The van der Waals surface area contributed by atoms with E-state index in [2.05, 4.69) is 37.4 Å². The molecule has 0 saturated carbocycles. The number of carbonyl (C=O) groups excluding carboxylic acids is 1. The highest BCUT2D eigenvalue weighted by Gasteiger charge is 2.13. The third-order valence-electron chi connectivity index (χ3n) is 5.30. The lowest BCUT2D eigenvalue weighted by atomic mass is 9.96. The number of nitrogens with zero attached hydrogens (tertiary/aromatic N) is 1. The predicted molar refractivity (Wildman–Crippen MR) is 128 cm³/mol. The lowest BCUT2D eigenvalue weighted by molar-refractivity contribution is -0.112. The van der Waals surface area contributed by atoms with Gasteiger partial charge in [0.15, 0.2) is 0 Å². The average molecular weight is 429 g/mol. The molecule has 0 heterocycles. The van der Waals surface area contributed by atoms with Crippen molar-refractivity contribution in [1.29, 1.82) is 5.26 Å². The van der Waals surface area contributed by atoms with E-state index in [1.165, 1.54) is 16.7 Å². The van der Waals surface area contributed by atoms with E-state index in [4.69, 9.17) is 11.6 Å². The van der Waals surface area contributed by atoms with Crippen molar-refractivity contribution in [2.45, 2.75) is 34.1 Å². The fraction of sp³-hybridized carbons (Fsp3) is 0.185. The Hall–Kier alpha value is -3.35. The summed E-state index contributed by atoms with van der Waals surface area (Å²) in [6, 6.07) is 19.7. The molecule has 0 aliphatic heterocycles. The average Bonchev–Trinajstić information content (AvgIpc) is 2.70. The van der Waals surface area contributed by atoms with Gasteiger partial charge in [-0.1, -0.05) is 59.1 Å². The van der Waals surface area contributed by atoms with Gasteiger partial charge in [-0.05, 0) is 86.2 Å². The van der Waals surface area contributed by atoms with Gasteiger partial charge in [0.2, 0.25) is 0 Å². The Bertz CT molecular complexity index is 1200. The first-order valence-electron chi connectivity index (χ1n) is 10.1. The second-order valence-corrected chi connectivity index (χ2v) is 8.32. The molecule has 0 spiro atoms. The highest BCUT2D eigenvalue weighted by molar-refractivity contribution is 6.30. The molecule has 3 nitrogen and oxygen atoms in total. The zero-order valence-electron chi connectivity index (χ0n) is 18.2. The van der Waals surface area contributed by atoms with E-state index in [9.17, 15) is 10.1 Å². The summed E-state index contributed by atoms with van der Waals surface area (Å²) in [6.07, 6.45) is 2.30. The Morgan fingerprint density at radius 1 is 1.03 bits per heavy atom. The molecular formula is C27H25ClN2O. The number of benzene rings is 3.